The number of carbonyl (C=O) groups excluding carboxylic acids is 2. The monoisotopic (exact) mass is 456 g/mol. The van der Waals surface area contributed by atoms with Gasteiger partial charge in [-0.3, -0.25) is 19.1 Å². The molecule has 1 aliphatic heterocycles. The summed E-state index contributed by atoms with van der Waals surface area (Å²) in [5, 5.41) is 14.4. The van der Waals surface area contributed by atoms with Gasteiger partial charge >= 0.3 is 0 Å². The molecule has 5 rings (SSSR count). The van der Waals surface area contributed by atoms with Crippen LogP contribution in [0.5, 0.6) is 0 Å². The highest BCUT2D eigenvalue weighted by atomic mass is 32.1. The lowest BCUT2D eigenvalue weighted by atomic mass is 10.2. The normalized spacial score (nSPS) is 18.2. The molecule has 1 aliphatic rings. The first kappa shape index (κ1) is 19.9. The van der Waals surface area contributed by atoms with Gasteiger partial charge in [-0.05, 0) is 12.1 Å². The standard InChI is InChI=1S/C18H17FN10O2S/c19-9-6-11(15(31)24-18-21-3-5-32-18)29(8-9)17-23-13-2-1-4-28(13)16(25-17)22-12-7-10(14(20)30)26-27-12/h1-5,7,9,11H,6,8H2,(H2,20,30)(H,21,24,31)(H2,22,23,25,26,27)/t9-,11+/m1/s1. The van der Waals surface area contributed by atoms with Crippen LogP contribution < -0.4 is 21.3 Å². The third kappa shape index (κ3) is 3.71. The Morgan fingerprint density at radius 2 is 2.22 bits per heavy atom. The highest BCUT2D eigenvalue weighted by Gasteiger charge is 2.39. The van der Waals surface area contributed by atoms with E-state index in [0.29, 0.717) is 22.5 Å². The number of nitrogens with zero attached hydrogens (tertiary/aromatic N) is 6. The first-order valence-corrected chi connectivity index (χ1v) is 10.4. The van der Waals surface area contributed by atoms with Gasteiger partial charge in [0.15, 0.2) is 10.9 Å². The van der Waals surface area contributed by atoms with Crippen molar-refractivity contribution in [2.75, 3.05) is 22.1 Å². The number of halogens is 1. The Bertz CT molecular complexity index is 1290. The summed E-state index contributed by atoms with van der Waals surface area (Å²) < 4.78 is 16.0. The number of aromatic amines is 1. The second kappa shape index (κ2) is 7.88. The van der Waals surface area contributed by atoms with Crippen molar-refractivity contribution in [1.82, 2.24) is 29.5 Å². The fraction of sp³-hybridized carbons (Fsp3) is 0.222. The van der Waals surface area contributed by atoms with Crippen LogP contribution in [0.1, 0.15) is 16.9 Å². The fourth-order valence-corrected chi connectivity index (χ4v) is 4.02. The van der Waals surface area contributed by atoms with Crippen molar-refractivity contribution in [2.24, 2.45) is 5.73 Å². The third-order valence-electron chi connectivity index (χ3n) is 4.93. The molecule has 4 aromatic rings. The average molecular weight is 456 g/mol. The number of primary amides is 1. The Balaban J connectivity index is 1.47. The van der Waals surface area contributed by atoms with Crippen molar-refractivity contribution in [3.8, 4) is 0 Å². The molecular weight excluding hydrogens is 439 g/mol. The van der Waals surface area contributed by atoms with E-state index in [0.717, 1.165) is 0 Å². The summed E-state index contributed by atoms with van der Waals surface area (Å²) in [7, 11) is 0. The number of thiazole rings is 1. The number of anilines is 4. The molecule has 0 aliphatic carbocycles. The van der Waals surface area contributed by atoms with Crippen LogP contribution >= 0.6 is 11.3 Å². The minimum absolute atomic E-state index is 0.0108. The predicted molar refractivity (Wildman–Crippen MR) is 115 cm³/mol. The molecule has 0 saturated carbocycles. The number of rotatable bonds is 6. The van der Waals surface area contributed by atoms with Gasteiger partial charge in [0.05, 0.1) is 6.54 Å². The van der Waals surface area contributed by atoms with Crippen LogP contribution in [0.3, 0.4) is 0 Å². The van der Waals surface area contributed by atoms with Gasteiger partial charge in [-0.1, -0.05) is 0 Å². The van der Waals surface area contributed by atoms with Crippen LogP contribution in [0.4, 0.5) is 27.2 Å². The smallest absolute Gasteiger partial charge is 0.266 e. The zero-order valence-corrected chi connectivity index (χ0v) is 17.2. The van der Waals surface area contributed by atoms with Crippen LogP contribution in [-0.2, 0) is 4.79 Å². The van der Waals surface area contributed by atoms with E-state index in [9.17, 15) is 14.0 Å². The summed E-state index contributed by atoms with van der Waals surface area (Å²) in [6.07, 6.45) is 2.11. The Labute approximate surface area is 183 Å². The first-order valence-electron chi connectivity index (χ1n) is 9.56. The van der Waals surface area contributed by atoms with Gasteiger partial charge < -0.3 is 21.3 Å². The molecule has 5 N–H and O–H groups in total. The molecule has 0 unspecified atom stereocenters. The minimum atomic E-state index is -1.21. The third-order valence-corrected chi connectivity index (χ3v) is 5.62. The molecule has 0 aromatic carbocycles. The second-order valence-electron chi connectivity index (χ2n) is 7.07. The highest BCUT2D eigenvalue weighted by Crippen LogP contribution is 2.28. The average Bonchev–Trinajstić information content (AvgIpc) is 3.54. The topological polar surface area (TPSA) is 159 Å². The van der Waals surface area contributed by atoms with E-state index >= 15 is 0 Å². The van der Waals surface area contributed by atoms with E-state index in [2.05, 4.69) is 35.8 Å². The van der Waals surface area contributed by atoms with Crippen LogP contribution in [0.15, 0.2) is 36.0 Å². The van der Waals surface area contributed by atoms with E-state index in [1.54, 1.807) is 34.3 Å². The number of amides is 2. The van der Waals surface area contributed by atoms with Crippen molar-refractivity contribution in [1.29, 1.82) is 0 Å². The molecule has 12 nitrogen and oxygen atoms in total. The molecule has 0 radical (unpaired) electrons. The molecule has 14 heteroatoms. The fourth-order valence-electron chi connectivity index (χ4n) is 3.49. The second-order valence-corrected chi connectivity index (χ2v) is 7.96. The zero-order chi connectivity index (χ0) is 22.2. The van der Waals surface area contributed by atoms with E-state index in [1.807, 2.05) is 0 Å². The highest BCUT2D eigenvalue weighted by molar-refractivity contribution is 7.13. The van der Waals surface area contributed by atoms with Crippen LogP contribution in [0.25, 0.3) is 5.65 Å². The molecular formula is C18H17FN10O2S. The van der Waals surface area contributed by atoms with Crippen molar-refractivity contribution in [3.05, 3.63) is 41.7 Å². The molecule has 0 spiro atoms. The Morgan fingerprint density at radius 1 is 1.34 bits per heavy atom. The maximum Gasteiger partial charge on any atom is 0.266 e. The van der Waals surface area contributed by atoms with E-state index in [1.165, 1.54) is 22.3 Å². The lowest BCUT2D eigenvalue weighted by Gasteiger charge is -2.23. The predicted octanol–water partition coefficient (Wildman–Crippen LogP) is 1.31. The number of nitrogens with one attached hydrogen (secondary N) is 3. The van der Waals surface area contributed by atoms with E-state index in [4.69, 9.17) is 5.73 Å². The van der Waals surface area contributed by atoms with Gasteiger partial charge in [0.25, 0.3) is 5.91 Å². The summed E-state index contributed by atoms with van der Waals surface area (Å²) in [4.78, 5) is 38.7. The maximum atomic E-state index is 14.4. The van der Waals surface area contributed by atoms with Crippen molar-refractivity contribution >= 4 is 51.6 Å². The Morgan fingerprint density at radius 3 is 2.97 bits per heavy atom. The number of carbonyl (C=O) groups is 2. The van der Waals surface area contributed by atoms with Crippen LogP contribution in [0, 0.1) is 0 Å². The number of fused-ring (bicyclic) bond motifs is 1. The molecule has 1 fully saturated rings. The van der Waals surface area contributed by atoms with Crippen molar-refractivity contribution in [2.45, 2.75) is 18.6 Å². The van der Waals surface area contributed by atoms with E-state index in [-0.39, 0.29) is 30.5 Å². The molecule has 4 aromatic heterocycles. The van der Waals surface area contributed by atoms with Gasteiger partial charge in [-0.2, -0.15) is 15.1 Å². The van der Waals surface area contributed by atoms with Crippen molar-refractivity contribution < 1.29 is 14.0 Å². The Hall–Kier alpha value is -4.07. The lowest BCUT2D eigenvalue weighted by Crippen LogP contribution is -2.40. The SMILES string of the molecule is NC(=O)c1cc(Nc2nc(N3C[C@H](F)C[C@H]3C(=O)Nc3nccs3)nc3cccn23)n[nH]1. The summed E-state index contributed by atoms with van der Waals surface area (Å²) in [6, 6.07) is 4.17. The first-order chi connectivity index (χ1) is 15.5. The Kier molecular flexibility index (Phi) is 4.89. The number of aromatic nitrogens is 6. The summed E-state index contributed by atoms with van der Waals surface area (Å²) in [5.74, 6) is -0.226. The number of alkyl halides is 1. The molecule has 0 bridgehead atoms. The number of H-pyrrole nitrogens is 1. The largest absolute Gasteiger partial charge is 0.364 e. The van der Waals surface area contributed by atoms with Gasteiger partial charge in [0.1, 0.15) is 23.6 Å². The van der Waals surface area contributed by atoms with Gasteiger partial charge in [-0.25, -0.2) is 9.37 Å². The van der Waals surface area contributed by atoms with E-state index < -0.39 is 18.1 Å². The summed E-state index contributed by atoms with van der Waals surface area (Å²) in [5.41, 5.74) is 5.91. The lowest BCUT2D eigenvalue weighted by molar-refractivity contribution is -0.117. The van der Waals surface area contributed by atoms with Gasteiger partial charge in [0.2, 0.25) is 17.8 Å². The number of hydrogen-bond donors (Lipinski definition) is 4. The molecule has 1 saturated heterocycles. The minimum Gasteiger partial charge on any atom is -0.364 e. The van der Waals surface area contributed by atoms with Crippen molar-refractivity contribution in [3.63, 3.8) is 0 Å². The quantitative estimate of drug-likeness (QED) is 0.338. The molecule has 5 heterocycles. The van der Waals surface area contributed by atoms with Crippen LogP contribution in [0.2, 0.25) is 0 Å². The molecule has 32 heavy (non-hydrogen) atoms. The summed E-state index contributed by atoms with van der Waals surface area (Å²) >= 11 is 1.28. The molecule has 164 valence electrons. The summed E-state index contributed by atoms with van der Waals surface area (Å²) in [6.45, 7) is -0.0273. The van der Waals surface area contributed by atoms with Crippen LogP contribution in [-0.4, -0.2) is 60.1 Å². The number of nitrogens with two attached hydrogens (primary N) is 1. The van der Waals surface area contributed by atoms with Gasteiger partial charge in [0, 0.05) is 30.3 Å². The molecule has 2 atom stereocenters. The molecule has 2 amide bonds. The maximum absolute atomic E-state index is 14.4. The van der Waals surface area contributed by atoms with Gasteiger partial charge in [-0.15, -0.1) is 11.3 Å². The number of hydrogen-bond acceptors (Lipinski definition) is 9. The zero-order valence-electron chi connectivity index (χ0n) is 16.4.